The van der Waals surface area contributed by atoms with Crippen molar-refractivity contribution in [1.82, 2.24) is 15.1 Å². The molecule has 4 heterocycles. The van der Waals surface area contributed by atoms with E-state index in [-0.39, 0.29) is 0 Å². The number of hydrazone groups is 1. The summed E-state index contributed by atoms with van der Waals surface area (Å²) in [6.45, 7) is 2.22. The van der Waals surface area contributed by atoms with E-state index in [1.165, 1.54) is 17.2 Å². The van der Waals surface area contributed by atoms with Crippen LogP contribution in [0.25, 0.3) is 11.1 Å². The third-order valence-electron chi connectivity index (χ3n) is 5.49. The largest absolute Gasteiger partial charge is 0.442 e. The van der Waals surface area contributed by atoms with E-state index in [1.807, 2.05) is 29.1 Å². The monoisotopic (exact) mass is 451 g/mol. The van der Waals surface area contributed by atoms with E-state index in [1.54, 1.807) is 30.7 Å². The van der Waals surface area contributed by atoms with Gasteiger partial charge in [0, 0.05) is 37.0 Å². The molecule has 0 saturated carbocycles. The molecule has 2 aliphatic rings. The lowest BCUT2D eigenvalue weighted by atomic mass is 10.1. The molecule has 3 aromatic rings. The number of pyridine rings is 1. The zero-order valence-electron chi connectivity index (χ0n) is 17.9. The molecule has 170 valence electrons. The third-order valence-corrected chi connectivity index (χ3v) is 5.49. The molecule has 0 radical (unpaired) electrons. The van der Waals surface area contributed by atoms with Gasteiger partial charge in [0.05, 0.1) is 31.5 Å². The van der Waals surface area contributed by atoms with E-state index in [0.717, 1.165) is 18.9 Å². The number of ether oxygens (including phenoxy) is 1. The Morgan fingerprint density at radius 3 is 2.82 bits per heavy atom. The molecular weight excluding hydrogens is 429 g/mol. The number of nitrogens with zero attached hydrogens (tertiary/aromatic N) is 6. The Kier molecular flexibility index (Phi) is 5.51. The van der Waals surface area contributed by atoms with Crippen LogP contribution in [0.5, 0.6) is 0 Å². The Morgan fingerprint density at radius 1 is 1.21 bits per heavy atom. The van der Waals surface area contributed by atoms with Gasteiger partial charge in [0.25, 0.3) is 0 Å². The van der Waals surface area contributed by atoms with Gasteiger partial charge in [-0.2, -0.15) is 5.10 Å². The summed E-state index contributed by atoms with van der Waals surface area (Å²) in [6.07, 6.45) is 3.95. The summed E-state index contributed by atoms with van der Waals surface area (Å²) in [5, 5.41) is 12.7. The molecule has 2 aromatic heterocycles. The molecule has 5 rings (SSSR count). The summed E-state index contributed by atoms with van der Waals surface area (Å²) in [7, 11) is 1.91. The van der Waals surface area contributed by atoms with Crippen molar-refractivity contribution in [2.45, 2.75) is 6.10 Å². The molecule has 1 N–H and O–H groups in total. The number of aromatic nitrogens is 2. The van der Waals surface area contributed by atoms with Crippen molar-refractivity contribution < 1.29 is 18.4 Å². The van der Waals surface area contributed by atoms with Gasteiger partial charge in [-0.3, -0.25) is 9.91 Å². The summed E-state index contributed by atoms with van der Waals surface area (Å²) in [6, 6.07) is 10.0. The number of hydrogen-bond acceptors (Lipinski definition) is 9. The number of nitrogens with one attached hydrogen (secondary N) is 1. The number of carbonyl (C=O) groups excluding carboxylic acids is 1. The van der Waals surface area contributed by atoms with Gasteiger partial charge < -0.3 is 19.5 Å². The van der Waals surface area contributed by atoms with Gasteiger partial charge in [-0.15, -0.1) is 0 Å². The Morgan fingerprint density at radius 2 is 2.12 bits per heavy atom. The van der Waals surface area contributed by atoms with Crippen molar-refractivity contribution in [3.05, 3.63) is 54.6 Å². The fourth-order valence-electron chi connectivity index (χ4n) is 3.67. The van der Waals surface area contributed by atoms with Crippen molar-refractivity contribution in [1.29, 1.82) is 0 Å². The van der Waals surface area contributed by atoms with Crippen LogP contribution in [0, 0.1) is 5.82 Å². The number of anilines is 3. The molecule has 1 unspecified atom stereocenters. The molecule has 0 bridgehead atoms. The van der Waals surface area contributed by atoms with E-state index in [2.05, 4.69) is 20.6 Å². The van der Waals surface area contributed by atoms with Crippen molar-refractivity contribution in [2.24, 2.45) is 5.10 Å². The van der Waals surface area contributed by atoms with E-state index in [9.17, 15) is 9.18 Å². The van der Waals surface area contributed by atoms with Crippen LogP contribution in [0.1, 0.15) is 0 Å². The first-order valence-electron chi connectivity index (χ1n) is 10.5. The van der Waals surface area contributed by atoms with Gasteiger partial charge in [0.1, 0.15) is 24.1 Å². The Labute approximate surface area is 189 Å². The third kappa shape index (κ3) is 4.43. The number of benzene rings is 1. The number of likely N-dealkylation sites (N-methyl/N-ethyl adjacent to an activating group) is 1. The number of hydrogen-bond donors (Lipinski definition) is 1. The highest BCUT2D eigenvalue weighted by Crippen LogP contribution is 2.29. The minimum absolute atomic E-state index is 0.293. The summed E-state index contributed by atoms with van der Waals surface area (Å²) < 4.78 is 25.3. The molecule has 0 spiro atoms. The highest BCUT2D eigenvalue weighted by Gasteiger charge is 2.32. The van der Waals surface area contributed by atoms with Gasteiger partial charge in [-0.25, -0.2) is 14.2 Å². The molecular formula is C22H22FN7O3. The van der Waals surface area contributed by atoms with Crippen LogP contribution < -0.4 is 15.1 Å². The second-order valence-corrected chi connectivity index (χ2v) is 7.75. The minimum atomic E-state index is -0.522. The topological polar surface area (TPSA) is 99.3 Å². The van der Waals surface area contributed by atoms with Crippen LogP contribution in [-0.4, -0.2) is 66.9 Å². The van der Waals surface area contributed by atoms with Crippen LogP contribution >= 0.6 is 0 Å². The SMILES string of the molecule is CN1CCN(c2ccc(-c3ccc(N4CC(CNc5ccno5)OC4=O)cc3F)cn2)C=N1. The van der Waals surface area contributed by atoms with Gasteiger partial charge in [-0.05, 0) is 30.3 Å². The minimum Gasteiger partial charge on any atom is -0.442 e. The Bertz CT molecular complexity index is 1150. The van der Waals surface area contributed by atoms with Crippen molar-refractivity contribution >= 4 is 29.8 Å². The quantitative estimate of drug-likeness (QED) is 0.611. The first-order chi connectivity index (χ1) is 16.1. The number of cyclic esters (lactones) is 1. The number of carbonyl (C=O) groups is 1. The molecule has 10 nitrogen and oxygen atoms in total. The maximum Gasteiger partial charge on any atom is 0.414 e. The lowest BCUT2D eigenvalue weighted by Crippen LogP contribution is -2.36. The van der Waals surface area contributed by atoms with E-state index >= 15 is 0 Å². The van der Waals surface area contributed by atoms with E-state index in [0.29, 0.717) is 35.8 Å². The van der Waals surface area contributed by atoms with Crippen LogP contribution in [-0.2, 0) is 4.74 Å². The molecule has 1 fully saturated rings. The Balaban J connectivity index is 1.26. The number of rotatable bonds is 6. The molecule has 1 amide bonds. The molecule has 33 heavy (non-hydrogen) atoms. The van der Waals surface area contributed by atoms with Crippen LogP contribution in [0.15, 0.2) is 58.4 Å². The van der Waals surface area contributed by atoms with Gasteiger partial charge in [-0.1, -0.05) is 5.16 Å². The highest BCUT2D eigenvalue weighted by molar-refractivity contribution is 5.90. The highest BCUT2D eigenvalue weighted by atomic mass is 19.1. The first-order valence-corrected chi connectivity index (χ1v) is 10.5. The average Bonchev–Trinajstić information content (AvgIpc) is 3.48. The molecule has 1 saturated heterocycles. The molecule has 1 atom stereocenters. The van der Waals surface area contributed by atoms with E-state index < -0.39 is 18.0 Å². The average molecular weight is 451 g/mol. The van der Waals surface area contributed by atoms with Gasteiger partial charge >= 0.3 is 6.09 Å². The van der Waals surface area contributed by atoms with Crippen LogP contribution in [0.3, 0.4) is 0 Å². The predicted octanol–water partition coefficient (Wildman–Crippen LogP) is 3.01. The summed E-state index contributed by atoms with van der Waals surface area (Å²) in [5.74, 6) is 0.788. The number of halogens is 1. The fraction of sp³-hybridized carbons (Fsp3) is 0.273. The maximum absolute atomic E-state index is 15.0. The zero-order valence-corrected chi connectivity index (χ0v) is 17.9. The molecule has 1 aromatic carbocycles. The molecule has 0 aliphatic carbocycles. The summed E-state index contributed by atoms with van der Waals surface area (Å²) in [4.78, 5) is 20.1. The van der Waals surface area contributed by atoms with Crippen molar-refractivity contribution in [3.8, 4) is 11.1 Å². The Hall–Kier alpha value is -4.15. The van der Waals surface area contributed by atoms with Gasteiger partial charge in [0.15, 0.2) is 0 Å². The first kappa shape index (κ1) is 20.7. The lowest BCUT2D eigenvalue weighted by Gasteiger charge is -2.26. The second kappa shape index (κ2) is 8.77. The molecule has 2 aliphatic heterocycles. The van der Waals surface area contributed by atoms with Crippen LogP contribution in [0.2, 0.25) is 0 Å². The summed E-state index contributed by atoms with van der Waals surface area (Å²) >= 11 is 0. The predicted molar refractivity (Wildman–Crippen MR) is 121 cm³/mol. The summed E-state index contributed by atoms with van der Waals surface area (Å²) in [5.41, 5.74) is 1.48. The zero-order chi connectivity index (χ0) is 22.8. The van der Waals surface area contributed by atoms with Gasteiger partial charge in [0.2, 0.25) is 5.88 Å². The van der Waals surface area contributed by atoms with Crippen LogP contribution in [0.4, 0.5) is 26.6 Å². The maximum atomic E-state index is 15.0. The standard InChI is InChI=1S/C22H22FN7O3/c1-28-8-9-29(14-26-28)20-5-2-15(11-24-20)18-4-3-16(10-19(18)23)30-13-17(32-22(30)31)12-25-21-6-7-27-33-21/h2-7,10-11,14,17,25H,8-9,12-13H2,1H3. The van der Waals surface area contributed by atoms with E-state index in [4.69, 9.17) is 9.26 Å². The normalized spacial score (nSPS) is 18.1. The second-order valence-electron chi connectivity index (χ2n) is 7.75. The number of amides is 1. The molecule has 11 heteroatoms. The lowest BCUT2D eigenvalue weighted by molar-refractivity contribution is 0.146. The smallest absolute Gasteiger partial charge is 0.414 e. The fourth-order valence-corrected chi connectivity index (χ4v) is 3.67. The van der Waals surface area contributed by atoms with Crippen molar-refractivity contribution in [3.63, 3.8) is 0 Å². The van der Waals surface area contributed by atoms with Crippen molar-refractivity contribution in [2.75, 3.05) is 48.3 Å².